The number of aromatic nitrogens is 1. The van der Waals surface area contributed by atoms with E-state index in [2.05, 4.69) is 16.8 Å². The molecule has 0 saturated carbocycles. The summed E-state index contributed by atoms with van der Waals surface area (Å²) in [7, 11) is 0. The molecule has 0 saturated heterocycles. The van der Waals surface area contributed by atoms with Crippen LogP contribution in [0.2, 0.25) is 0 Å². The van der Waals surface area contributed by atoms with Crippen molar-refractivity contribution in [2.75, 3.05) is 5.73 Å². The minimum absolute atomic E-state index is 0.0815. The summed E-state index contributed by atoms with van der Waals surface area (Å²) in [5.74, 6) is 4.93. The molecule has 0 fully saturated rings. The predicted octanol–water partition coefficient (Wildman–Crippen LogP) is 0.513. The van der Waals surface area contributed by atoms with Gasteiger partial charge >= 0.3 is 5.69 Å². The number of rotatable bonds is 2. The zero-order valence-electron chi connectivity index (χ0n) is 7.64. The summed E-state index contributed by atoms with van der Waals surface area (Å²) in [6, 6.07) is 1.22. The zero-order chi connectivity index (χ0) is 11.3. The van der Waals surface area contributed by atoms with Crippen molar-refractivity contribution in [2.24, 2.45) is 0 Å². The summed E-state index contributed by atoms with van der Waals surface area (Å²) in [6.45, 7) is 0. The van der Waals surface area contributed by atoms with Gasteiger partial charge in [-0.3, -0.25) is 10.1 Å². The first kappa shape index (κ1) is 10.7. The smallest absolute Gasteiger partial charge is 0.312 e. The van der Waals surface area contributed by atoms with Gasteiger partial charge < -0.3 is 10.5 Å². The molecule has 0 aliphatic heterocycles. The molecule has 0 aliphatic carbocycles. The van der Waals surface area contributed by atoms with Gasteiger partial charge in [-0.05, 0) is 0 Å². The van der Waals surface area contributed by atoms with Gasteiger partial charge in [0.1, 0.15) is 6.29 Å². The fraction of sp³-hybridized carbons (Fsp3) is 0.111. The Hall–Kier alpha value is -2.42. The number of hydrogen-bond acceptors (Lipinski definition) is 5. The Morgan fingerprint density at radius 2 is 2.40 bits per heavy atom. The monoisotopic (exact) mass is 205 g/mol. The molecule has 76 valence electrons. The van der Waals surface area contributed by atoms with Crippen LogP contribution in [0.1, 0.15) is 12.0 Å². The molecule has 0 spiro atoms. The van der Waals surface area contributed by atoms with Gasteiger partial charge in [0, 0.05) is 17.8 Å². The lowest BCUT2D eigenvalue weighted by atomic mass is 10.2. The number of anilines is 1. The SMILES string of the molecule is Nc1ncc(C#CCC=O)cc1[N+](=O)[O-]. The van der Waals surface area contributed by atoms with Crippen LogP contribution in [0.15, 0.2) is 12.3 Å². The van der Waals surface area contributed by atoms with E-state index in [1.54, 1.807) is 0 Å². The van der Waals surface area contributed by atoms with Crippen LogP contribution in [-0.4, -0.2) is 16.2 Å². The van der Waals surface area contributed by atoms with E-state index in [4.69, 9.17) is 5.73 Å². The number of carbonyl (C=O) groups is 1. The van der Waals surface area contributed by atoms with Crippen LogP contribution in [0.25, 0.3) is 0 Å². The second kappa shape index (κ2) is 4.72. The van der Waals surface area contributed by atoms with E-state index in [1.807, 2.05) is 0 Å². The topological polar surface area (TPSA) is 99.1 Å². The Kier molecular flexibility index (Phi) is 3.35. The summed E-state index contributed by atoms with van der Waals surface area (Å²) in [5.41, 5.74) is 5.36. The summed E-state index contributed by atoms with van der Waals surface area (Å²) < 4.78 is 0. The summed E-state index contributed by atoms with van der Waals surface area (Å²) in [4.78, 5) is 23.5. The van der Waals surface area contributed by atoms with Crippen molar-refractivity contribution in [3.05, 3.63) is 27.9 Å². The highest BCUT2D eigenvalue weighted by atomic mass is 16.6. The van der Waals surface area contributed by atoms with E-state index in [1.165, 1.54) is 12.3 Å². The molecular weight excluding hydrogens is 198 g/mol. The fourth-order valence-electron chi connectivity index (χ4n) is 0.873. The molecule has 0 atom stereocenters. The number of pyridine rings is 1. The summed E-state index contributed by atoms with van der Waals surface area (Å²) in [5, 5.41) is 10.5. The number of hydrogen-bond donors (Lipinski definition) is 1. The lowest BCUT2D eigenvalue weighted by Gasteiger charge is -1.95. The fourth-order valence-corrected chi connectivity index (χ4v) is 0.873. The molecule has 2 N–H and O–H groups in total. The molecule has 15 heavy (non-hydrogen) atoms. The van der Waals surface area contributed by atoms with Crippen molar-refractivity contribution in [2.45, 2.75) is 6.42 Å². The largest absolute Gasteiger partial charge is 0.378 e. The summed E-state index contributed by atoms with van der Waals surface area (Å²) >= 11 is 0. The maximum absolute atomic E-state index is 10.5. The maximum Gasteiger partial charge on any atom is 0.312 e. The lowest BCUT2D eigenvalue weighted by Crippen LogP contribution is -1.98. The number of aldehydes is 1. The van der Waals surface area contributed by atoms with Gasteiger partial charge in [0.15, 0.2) is 0 Å². The van der Waals surface area contributed by atoms with Crippen molar-refractivity contribution in [3.8, 4) is 11.8 Å². The van der Waals surface area contributed by atoms with Crippen molar-refractivity contribution < 1.29 is 9.72 Å². The van der Waals surface area contributed by atoms with E-state index in [0.29, 0.717) is 11.8 Å². The molecule has 0 amide bonds. The van der Waals surface area contributed by atoms with Gasteiger partial charge in [0.05, 0.1) is 11.3 Å². The molecule has 0 bridgehead atoms. The number of nitrogen functional groups attached to an aromatic ring is 1. The Morgan fingerprint density at radius 3 is 3.00 bits per heavy atom. The average molecular weight is 205 g/mol. The van der Waals surface area contributed by atoms with Crippen molar-refractivity contribution in [1.29, 1.82) is 0 Å². The third-order valence-electron chi connectivity index (χ3n) is 1.51. The van der Waals surface area contributed by atoms with E-state index < -0.39 is 4.92 Å². The van der Waals surface area contributed by atoms with Crippen LogP contribution >= 0.6 is 0 Å². The maximum atomic E-state index is 10.5. The number of nitrogens with two attached hydrogens (primary N) is 1. The third-order valence-corrected chi connectivity index (χ3v) is 1.51. The minimum Gasteiger partial charge on any atom is -0.378 e. The molecule has 0 aliphatic rings. The molecule has 0 unspecified atom stereocenters. The van der Waals surface area contributed by atoms with E-state index in [0.717, 1.165) is 0 Å². The normalized spacial score (nSPS) is 8.80. The molecule has 0 aromatic carbocycles. The first-order chi connectivity index (χ1) is 7.15. The van der Waals surface area contributed by atoms with Gasteiger partial charge in [0.2, 0.25) is 5.82 Å². The van der Waals surface area contributed by atoms with Gasteiger partial charge in [-0.25, -0.2) is 4.98 Å². The highest BCUT2D eigenvalue weighted by Crippen LogP contribution is 2.18. The minimum atomic E-state index is -0.632. The predicted molar refractivity (Wildman–Crippen MR) is 52.9 cm³/mol. The van der Waals surface area contributed by atoms with Crippen molar-refractivity contribution in [3.63, 3.8) is 0 Å². The molecule has 0 radical (unpaired) electrons. The van der Waals surface area contributed by atoms with Crippen LogP contribution in [0.3, 0.4) is 0 Å². The second-order valence-electron chi connectivity index (χ2n) is 2.56. The van der Waals surface area contributed by atoms with E-state index >= 15 is 0 Å². The van der Waals surface area contributed by atoms with Gasteiger partial charge in [0.25, 0.3) is 0 Å². The van der Waals surface area contributed by atoms with Crippen LogP contribution in [0.5, 0.6) is 0 Å². The number of nitrogens with zero attached hydrogens (tertiary/aromatic N) is 2. The Labute approximate surface area is 85.3 Å². The Morgan fingerprint density at radius 1 is 1.67 bits per heavy atom. The molecule has 1 heterocycles. The number of carbonyl (C=O) groups excluding carboxylic acids is 1. The molecule has 1 rings (SSSR count). The van der Waals surface area contributed by atoms with Crippen molar-refractivity contribution >= 4 is 17.8 Å². The number of nitro groups is 1. The third kappa shape index (κ3) is 2.77. The molecule has 1 aromatic heterocycles. The first-order valence-electron chi connectivity index (χ1n) is 3.97. The Bertz CT molecular complexity index is 459. The van der Waals surface area contributed by atoms with Gasteiger partial charge in [-0.15, -0.1) is 0 Å². The first-order valence-corrected chi connectivity index (χ1v) is 3.97. The standard InChI is InChI=1S/C9H7N3O3/c10-9-8(12(14)15)5-7(6-11-9)3-1-2-4-13/h4-6H,2H2,(H2,10,11). The van der Waals surface area contributed by atoms with Crippen LogP contribution in [-0.2, 0) is 4.79 Å². The van der Waals surface area contributed by atoms with Crippen LogP contribution in [0.4, 0.5) is 11.5 Å². The molecule has 6 heteroatoms. The van der Waals surface area contributed by atoms with Crippen molar-refractivity contribution in [1.82, 2.24) is 4.98 Å². The second-order valence-corrected chi connectivity index (χ2v) is 2.56. The zero-order valence-corrected chi connectivity index (χ0v) is 7.64. The molecular formula is C9H7N3O3. The average Bonchev–Trinajstić information content (AvgIpc) is 2.20. The quantitative estimate of drug-likeness (QED) is 0.328. The highest BCUT2D eigenvalue weighted by molar-refractivity contribution is 5.57. The molecule has 6 nitrogen and oxygen atoms in total. The Balaban J connectivity index is 3.04. The van der Waals surface area contributed by atoms with Gasteiger partial charge in [-0.1, -0.05) is 11.8 Å². The van der Waals surface area contributed by atoms with Crippen LogP contribution < -0.4 is 5.73 Å². The van der Waals surface area contributed by atoms with E-state index in [9.17, 15) is 14.9 Å². The van der Waals surface area contributed by atoms with E-state index in [-0.39, 0.29) is 17.9 Å². The van der Waals surface area contributed by atoms with Crippen LogP contribution in [0, 0.1) is 22.0 Å². The summed E-state index contributed by atoms with van der Waals surface area (Å²) in [6.07, 6.45) is 2.05. The van der Waals surface area contributed by atoms with Gasteiger partial charge in [-0.2, -0.15) is 0 Å². The highest BCUT2D eigenvalue weighted by Gasteiger charge is 2.12. The molecule has 1 aromatic rings. The lowest BCUT2D eigenvalue weighted by molar-refractivity contribution is -0.384.